The molecular formula is C14H25NO5S. The molecule has 21 heavy (non-hydrogen) atoms. The Labute approximate surface area is 130 Å². The van der Waals surface area contributed by atoms with Crippen molar-refractivity contribution in [2.45, 2.75) is 50.5 Å². The number of carbonyl (C=O) groups excluding carboxylic acids is 2. The molecule has 0 saturated carbocycles. The Morgan fingerprint density at radius 3 is 2.57 bits per heavy atom. The molecule has 1 aliphatic heterocycles. The lowest BCUT2D eigenvalue weighted by Crippen LogP contribution is -2.43. The van der Waals surface area contributed by atoms with Crippen molar-refractivity contribution in [3.63, 3.8) is 0 Å². The van der Waals surface area contributed by atoms with Crippen molar-refractivity contribution in [2.75, 3.05) is 26.0 Å². The predicted molar refractivity (Wildman–Crippen MR) is 81.3 cm³/mol. The van der Waals surface area contributed by atoms with Crippen LogP contribution in [0.5, 0.6) is 0 Å². The van der Waals surface area contributed by atoms with Crippen molar-refractivity contribution >= 4 is 23.8 Å². The zero-order valence-electron chi connectivity index (χ0n) is 13.1. The van der Waals surface area contributed by atoms with E-state index in [2.05, 4.69) is 0 Å². The number of hydrogen-bond donors (Lipinski definition) is 1. The van der Waals surface area contributed by atoms with Crippen LogP contribution in [-0.4, -0.2) is 65.0 Å². The molecule has 0 spiro atoms. The van der Waals surface area contributed by atoms with Gasteiger partial charge in [-0.05, 0) is 39.4 Å². The molecule has 0 radical (unpaired) electrons. The van der Waals surface area contributed by atoms with Crippen LogP contribution in [0.25, 0.3) is 0 Å². The van der Waals surface area contributed by atoms with Gasteiger partial charge in [-0.3, -0.25) is 4.90 Å². The Bertz CT molecular complexity index is 369. The van der Waals surface area contributed by atoms with Crippen molar-refractivity contribution in [2.24, 2.45) is 0 Å². The summed E-state index contributed by atoms with van der Waals surface area (Å²) in [5.41, 5.74) is -0.597. The van der Waals surface area contributed by atoms with E-state index >= 15 is 0 Å². The van der Waals surface area contributed by atoms with Gasteiger partial charge in [0, 0.05) is 18.4 Å². The number of aliphatic hydroxyl groups excluding tert-OH is 1. The van der Waals surface area contributed by atoms with Crippen LogP contribution < -0.4 is 0 Å². The van der Waals surface area contributed by atoms with Crippen LogP contribution in [0.2, 0.25) is 0 Å². The highest BCUT2D eigenvalue weighted by Crippen LogP contribution is 2.30. The van der Waals surface area contributed by atoms with Crippen molar-refractivity contribution in [1.82, 2.24) is 4.90 Å². The number of rotatable bonds is 5. The van der Waals surface area contributed by atoms with Gasteiger partial charge in [-0.1, -0.05) is 0 Å². The second-order valence-corrected chi connectivity index (χ2v) is 7.39. The second-order valence-electron chi connectivity index (χ2n) is 5.98. The Kier molecular flexibility index (Phi) is 6.80. The van der Waals surface area contributed by atoms with E-state index in [1.54, 1.807) is 32.5 Å². The fraction of sp³-hybridized carbons (Fsp3) is 0.857. The molecule has 1 N–H and O–H groups in total. The van der Waals surface area contributed by atoms with E-state index in [1.165, 1.54) is 12.0 Å². The normalized spacial score (nSPS) is 22.2. The number of likely N-dealkylation sites (tertiary alicyclic amines) is 1. The molecule has 0 unspecified atom stereocenters. The van der Waals surface area contributed by atoms with Gasteiger partial charge in [0.25, 0.3) is 0 Å². The van der Waals surface area contributed by atoms with Gasteiger partial charge in [0.1, 0.15) is 11.6 Å². The van der Waals surface area contributed by atoms with Gasteiger partial charge in [-0.15, -0.1) is 0 Å². The topological polar surface area (TPSA) is 76.1 Å². The minimum Gasteiger partial charge on any atom is -0.467 e. The summed E-state index contributed by atoms with van der Waals surface area (Å²) in [5.74, 6) is 0.392. The Morgan fingerprint density at radius 2 is 2.05 bits per heavy atom. The van der Waals surface area contributed by atoms with E-state index in [0.717, 1.165) is 5.75 Å². The van der Waals surface area contributed by atoms with Crippen molar-refractivity contribution < 1.29 is 24.2 Å². The average Bonchev–Trinajstić information content (AvgIpc) is 2.80. The highest BCUT2D eigenvalue weighted by atomic mass is 32.2. The predicted octanol–water partition coefficient (Wildman–Crippen LogP) is 1.65. The molecular weight excluding hydrogens is 294 g/mol. The lowest BCUT2D eigenvalue weighted by molar-refractivity contribution is -0.145. The molecule has 1 heterocycles. The van der Waals surface area contributed by atoms with Gasteiger partial charge in [0.05, 0.1) is 7.11 Å². The maximum absolute atomic E-state index is 12.2. The first-order valence-corrected chi connectivity index (χ1v) is 8.13. The maximum atomic E-state index is 12.2. The monoisotopic (exact) mass is 319 g/mol. The summed E-state index contributed by atoms with van der Waals surface area (Å²) in [6, 6.07) is -0.587. The van der Waals surface area contributed by atoms with Gasteiger partial charge in [-0.25, -0.2) is 9.59 Å². The third kappa shape index (κ3) is 5.74. The highest BCUT2D eigenvalue weighted by Gasteiger charge is 2.42. The number of ether oxygens (including phenoxy) is 2. The maximum Gasteiger partial charge on any atom is 0.411 e. The number of hydrogen-bond acceptors (Lipinski definition) is 6. The number of aliphatic hydroxyl groups is 1. The number of amides is 1. The van der Waals surface area contributed by atoms with Crippen LogP contribution >= 0.6 is 11.8 Å². The molecule has 122 valence electrons. The SMILES string of the molecule is COC(=O)[C@H]1C[C@@H](SCCCO)CN1C(=O)OC(C)(C)C. The molecule has 0 aromatic heterocycles. The van der Waals surface area contributed by atoms with Crippen LogP contribution in [0.4, 0.5) is 4.79 Å². The molecule has 0 aromatic carbocycles. The van der Waals surface area contributed by atoms with Gasteiger partial charge in [0.2, 0.25) is 0 Å². The number of nitrogens with zero attached hydrogens (tertiary/aromatic N) is 1. The number of esters is 1. The summed E-state index contributed by atoms with van der Waals surface area (Å²) in [6.07, 6.45) is 0.779. The lowest BCUT2D eigenvalue weighted by atomic mass is 10.2. The van der Waals surface area contributed by atoms with E-state index in [4.69, 9.17) is 14.6 Å². The number of thioether (sulfide) groups is 1. The van der Waals surface area contributed by atoms with Crippen molar-refractivity contribution in [3.8, 4) is 0 Å². The van der Waals surface area contributed by atoms with E-state index in [0.29, 0.717) is 19.4 Å². The number of carbonyl (C=O) groups is 2. The van der Waals surface area contributed by atoms with E-state index in [9.17, 15) is 9.59 Å². The van der Waals surface area contributed by atoms with E-state index in [-0.39, 0.29) is 11.9 Å². The molecule has 7 heteroatoms. The van der Waals surface area contributed by atoms with Crippen LogP contribution in [0, 0.1) is 0 Å². The largest absolute Gasteiger partial charge is 0.467 e. The molecule has 1 fully saturated rings. The van der Waals surface area contributed by atoms with Crippen molar-refractivity contribution in [1.29, 1.82) is 0 Å². The Balaban J connectivity index is 2.69. The van der Waals surface area contributed by atoms with Crippen LogP contribution in [-0.2, 0) is 14.3 Å². The number of methoxy groups -OCH3 is 1. The molecule has 1 saturated heterocycles. The van der Waals surface area contributed by atoms with Gasteiger partial charge >= 0.3 is 12.1 Å². The summed E-state index contributed by atoms with van der Waals surface area (Å²) in [5, 5.41) is 8.97. The second kappa shape index (κ2) is 7.89. The summed E-state index contributed by atoms with van der Waals surface area (Å²) in [7, 11) is 1.32. The molecule has 1 amide bonds. The molecule has 1 rings (SSSR count). The van der Waals surface area contributed by atoms with Gasteiger partial charge < -0.3 is 14.6 Å². The lowest BCUT2D eigenvalue weighted by Gasteiger charge is -2.27. The van der Waals surface area contributed by atoms with Crippen molar-refractivity contribution in [3.05, 3.63) is 0 Å². The van der Waals surface area contributed by atoms with Crippen LogP contribution in [0.3, 0.4) is 0 Å². The molecule has 0 bridgehead atoms. The first-order valence-electron chi connectivity index (χ1n) is 7.08. The van der Waals surface area contributed by atoms with E-state index < -0.39 is 23.7 Å². The highest BCUT2D eigenvalue weighted by molar-refractivity contribution is 7.99. The molecule has 1 aliphatic rings. The molecule has 0 aromatic rings. The van der Waals surface area contributed by atoms with Gasteiger partial charge in [-0.2, -0.15) is 11.8 Å². The summed E-state index contributed by atoms with van der Waals surface area (Å²) >= 11 is 1.66. The minimum absolute atomic E-state index is 0.149. The smallest absolute Gasteiger partial charge is 0.411 e. The minimum atomic E-state index is -0.597. The molecule has 2 atom stereocenters. The first kappa shape index (κ1) is 18.1. The summed E-state index contributed by atoms with van der Waals surface area (Å²) in [6.45, 7) is 5.99. The van der Waals surface area contributed by atoms with E-state index in [1.807, 2.05) is 0 Å². The Morgan fingerprint density at radius 1 is 1.38 bits per heavy atom. The standard InChI is InChI=1S/C14H25NO5S/c1-14(2,3)20-13(18)15-9-10(21-7-5-6-16)8-11(15)12(17)19-4/h10-11,16H,5-9H2,1-4H3/t10-,11-/m1/s1. The fourth-order valence-electron chi connectivity index (χ4n) is 2.11. The Hall–Kier alpha value is -0.950. The quantitative estimate of drug-likeness (QED) is 0.613. The summed E-state index contributed by atoms with van der Waals surface area (Å²) < 4.78 is 10.1. The third-order valence-electron chi connectivity index (χ3n) is 3.02. The van der Waals surface area contributed by atoms with Gasteiger partial charge in [0.15, 0.2) is 0 Å². The fourth-order valence-corrected chi connectivity index (χ4v) is 3.33. The zero-order valence-corrected chi connectivity index (χ0v) is 13.9. The average molecular weight is 319 g/mol. The van der Waals surface area contributed by atoms with Crippen LogP contribution in [0.1, 0.15) is 33.6 Å². The summed E-state index contributed by atoms with van der Waals surface area (Å²) in [4.78, 5) is 25.5. The third-order valence-corrected chi connectivity index (χ3v) is 4.36. The molecule has 0 aliphatic carbocycles. The van der Waals surface area contributed by atoms with Crippen LogP contribution in [0.15, 0.2) is 0 Å². The zero-order chi connectivity index (χ0) is 16.0. The first-order chi connectivity index (χ1) is 9.78. The molecule has 6 nitrogen and oxygen atoms in total.